The lowest BCUT2D eigenvalue weighted by atomic mass is 10.1. The van der Waals surface area contributed by atoms with Crippen molar-refractivity contribution in [3.05, 3.63) is 46.1 Å². The van der Waals surface area contributed by atoms with E-state index in [4.69, 9.17) is 9.47 Å². The number of benzene rings is 1. The Bertz CT molecular complexity index is 744. The largest absolute Gasteiger partial charge is 0.490 e. The molecule has 0 unspecified atom stereocenters. The lowest BCUT2D eigenvalue weighted by Gasteiger charge is -2.16. The molecule has 1 aromatic heterocycles. The molecule has 0 N–H and O–H groups in total. The Morgan fingerprint density at radius 3 is 2.60 bits per heavy atom. The Balaban J connectivity index is 2.53. The Morgan fingerprint density at radius 1 is 1.24 bits per heavy atom. The molecule has 0 atom stereocenters. The first-order valence-electron chi connectivity index (χ1n) is 8.10. The number of unbranched alkanes of at least 4 members (excludes halogenated alkanes) is 1. The lowest BCUT2D eigenvalue weighted by Crippen LogP contribution is -2.04. The van der Waals surface area contributed by atoms with Crippen LogP contribution in [0.5, 0.6) is 11.5 Å². The van der Waals surface area contributed by atoms with Crippen LogP contribution in [0.15, 0.2) is 30.5 Å². The Hall–Kier alpha value is -2.96. The molecule has 0 saturated heterocycles. The van der Waals surface area contributed by atoms with Crippen molar-refractivity contribution in [3.8, 4) is 22.8 Å². The summed E-state index contributed by atoms with van der Waals surface area (Å²) in [5.41, 5.74) is 1.36. The van der Waals surface area contributed by atoms with Crippen LogP contribution in [0.25, 0.3) is 11.3 Å². The minimum atomic E-state index is -0.511. The number of carbonyl (C=O) groups excluding carboxylic acids is 1. The van der Waals surface area contributed by atoms with Crippen molar-refractivity contribution in [1.29, 1.82) is 0 Å². The van der Waals surface area contributed by atoms with Crippen molar-refractivity contribution in [1.82, 2.24) is 4.98 Å². The predicted molar refractivity (Wildman–Crippen MR) is 93.3 cm³/mol. The van der Waals surface area contributed by atoms with E-state index in [1.54, 1.807) is 12.1 Å². The van der Waals surface area contributed by atoms with Gasteiger partial charge in [0, 0.05) is 17.2 Å². The fraction of sp³-hybridized carbons (Fsp3) is 0.333. The first kappa shape index (κ1) is 18.4. The van der Waals surface area contributed by atoms with Gasteiger partial charge in [-0.05, 0) is 31.5 Å². The van der Waals surface area contributed by atoms with Gasteiger partial charge in [0.25, 0.3) is 5.69 Å². The fourth-order valence-corrected chi connectivity index (χ4v) is 2.27. The van der Waals surface area contributed by atoms with Gasteiger partial charge in [0.15, 0.2) is 11.5 Å². The number of ether oxygens (including phenoxy) is 2. The van der Waals surface area contributed by atoms with E-state index in [1.807, 2.05) is 6.92 Å². The van der Waals surface area contributed by atoms with E-state index in [-0.39, 0.29) is 5.69 Å². The van der Waals surface area contributed by atoms with Gasteiger partial charge in [-0.2, -0.15) is 0 Å². The van der Waals surface area contributed by atoms with Crippen molar-refractivity contribution in [2.45, 2.75) is 26.7 Å². The molecule has 0 aliphatic heterocycles. The number of nitrogens with zero attached hydrogens (tertiary/aromatic N) is 2. The summed E-state index contributed by atoms with van der Waals surface area (Å²) in [6, 6.07) is 6.16. The van der Waals surface area contributed by atoms with Crippen LogP contribution in [0.4, 0.5) is 5.69 Å². The second kappa shape index (κ2) is 8.77. The number of rotatable bonds is 9. The molecule has 0 bridgehead atoms. The standard InChI is InChI=1S/C18H20N2O5/c1-3-5-8-25-18-15(9-13(12-21)10-17(18)24-4-2)16-7-6-14(11-19-16)20(22)23/h6-7,9-12H,3-5,8H2,1-2H3. The molecule has 0 fully saturated rings. The van der Waals surface area contributed by atoms with E-state index in [0.29, 0.717) is 47.8 Å². The third kappa shape index (κ3) is 4.53. The predicted octanol–water partition coefficient (Wildman–Crippen LogP) is 4.05. The Labute approximate surface area is 145 Å². The summed E-state index contributed by atoms with van der Waals surface area (Å²) < 4.78 is 11.5. The minimum absolute atomic E-state index is 0.103. The van der Waals surface area contributed by atoms with Gasteiger partial charge in [0.1, 0.15) is 12.5 Å². The number of aromatic nitrogens is 1. The van der Waals surface area contributed by atoms with Crippen LogP contribution in [0.2, 0.25) is 0 Å². The molecule has 0 amide bonds. The van der Waals surface area contributed by atoms with E-state index < -0.39 is 4.92 Å². The molecule has 7 heteroatoms. The Kier molecular flexibility index (Phi) is 6.45. The molecule has 0 spiro atoms. The van der Waals surface area contributed by atoms with E-state index in [2.05, 4.69) is 11.9 Å². The summed E-state index contributed by atoms with van der Waals surface area (Å²) in [5, 5.41) is 10.8. The SMILES string of the molecule is CCCCOc1c(OCC)cc(C=O)cc1-c1ccc([N+](=O)[O-])cn1. The third-order valence-electron chi connectivity index (χ3n) is 3.49. The average molecular weight is 344 g/mol. The number of carbonyl (C=O) groups is 1. The summed E-state index contributed by atoms with van der Waals surface area (Å²) in [5.74, 6) is 0.945. The number of hydrogen-bond acceptors (Lipinski definition) is 6. The van der Waals surface area contributed by atoms with Gasteiger partial charge in [-0.3, -0.25) is 14.9 Å². The van der Waals surface area contributed by atoms with E-state index >= 15 is 0 Å². The van der Waals surface area contributed by atoms with Crippen LogP contribution < -0.4 is 9.47 Å². The molecule has 0 aliphatic carbocycles. The van der Waals surface area contributed by atoms with Crippen LogP contribution in [0, 0.1) is 10.1 Å². The zero-order valence-electron chi connectivity index (χ0n) is 14.2. The number of aldehydes is 1. The maximum absolute atomic E-state index is 11.3. The van der Waals surface area contributed by atoms with Crippen LogP contribution in [-0.4, -0.2) is 29.4 Å². The van der Waals surface area contributed by atoms with Crippen LogP contribution in [0.1, 0.15) is 37.0 Å². The molecule has 25 heavy (non-hydrogen) atoms. The van der Waals surface area contributed by atoms with E-state index in [9.17, 15) is 14.9 Å². The van der Waals surface area contributed by atoms with Crippen LogP contribution in [0.3, 0.4) is 0 Å². The molecule has 7 nitrogen and oxygen atoms in total. The van der Waals surface area contributed by atoms with Gasteiger partial charge >= 0.3 is 0 Å². The molecule has 1 aromatic carbocycles. The molecule has 132 valence electrons. The molecular weight excluding hydrogens is 324 g/mol. The van der Waals surface area contributed by atoms with Crippen molar-refractivity contribution < 1.29 is 19.2 Å². The molecule has 2 aromatic rings. The lowest BCUT2D eigenvalue weighted by molar-refractivity contribution is -0.385. The number of nitro groups is 1. The third-order valence-corrected chi connectivity index (χ3v) is 3.49. The van der Waals surface area contributed by atoms with Crippen molar-refractivity contribution in [3.63, 3.8) is 0 Å². The second-order valence-corrected chi connectivity index (χ2v) is 5.31. The zero-order valence-corrected chi connectivity index (χ0v) is 14.2. The summed E-state index contributed by atoms with van der Waals surface area (Å²) >= 11 is 0. The maximum Gasteiger partial charge on any atom is 0.287 e. The van der Waals surface area contributed by atoms with Crippen LogP contribution >= 0.6 is 0 Å². The van der Waals surface area contributed by atoms with Gasteiger partial charge in [-0.1, -0.05) is 13.3 Å². The van der Waals surface area contributed by atoms with Gasteiger partial charge in [0.2, 0.25) is 0 Å². The van der Waals surface area contributed by atoms with Crippen LogP contribution in [-0.2, 0) is 0 Å². The van der Waals surface area contributed by atoms with E-state index in [1.165, 1.54) is 18.3 Å². The van der Waals surface area contributed by atoms with Gasteiger partial charge in [-0.25, -0.2) is 4.98 Å². The molecule has 0 radical (unpaired) electrons. The normalized spacial score (nSPS) is 10.3. The van der Waals surface area contributed by atoms with Gasteiger partial charge in [0.05, 0.1) is 23.8 Å². The fourth-order valence-electron chi connectivity index (χ4n) is 2.27. The summed E-state index contributed by atoms with van der Waals surface area (Å²) in [6.07, 6.45) is 3.74. The van der Waals surface area contributed by atoms with Crippen molar-refractivity contribution >= 4 is 12.0 Å². The Morgan fingerprint density at radius 2 is 2.04 bits per heavy atom. The van der Waals surface area contributed by atoms with Gasteiger partial charge in [-0.15, -0.1) is 0 Å². The highest BCUT2D eigenvalue weighted by Crippen LogP contribution is 2.39. The molecule has 0 aliphatic rings. The minimum Gasteiger partial charge on any atom is -0.490 e. The monoisotopic (exact) mass is 344 g/mol. The molecule has 2 rings (SSSR count). The summed E-state index contributed by atoms with van der Waals surface area (Å²) in [7, 11) is 0. The first-order valence-corrected chi connectivity index (χ1v) is 8.10. The second-order valence-electron chi connectivity index (χ2n) is 5.31. The zero-order chi connectivity index (χ0) is 18.2. The van der Waals surface area contributed by atoms with Crippen molar-refractivity contribution in [2.24, 2.45) is 0 Å². The van der Waals surface area contributed by atoms with Gasteiger partial charge < -0.3 is 9.47 Å². The summed E-state index contributed by atoms with van der Waals surface area (Å²) in [4.78, 5) is 25.7. The molecular formula is C18H20N2O5. The average Bonchev–Trinajstić information content (AvgIpc) is 2.63. The summed E-state index contributed by atoms with van der Waals surface area (Å²) in [6.45, 7) is 4.81. The topological polar surface area (TPSA) is 91.6 Å². The molecule has 0 saturated carbocycles. The maximum atomic E-state index is 11.3. The smallest absolute Gasteiger partial charge is 0.287 e. The van der Waals surface area contributed by atoms with Crippen molar-refractivity contribution in [2.75, 3.05) is 13.2 Å². The molecule has 1 heterocycles. The highest BCUT2D eigenvalue weighted by Gasteiger charge is 2.17. The highest BCUT2D eigenvalue weighted by atomic mass is 16.6. The van der Waals surface area contributed by atoms with E-state index in [0.717, 1.165) is 12.8 Å². The highest BCUT2D eigenvalue weighted by molar-refractivity contribution is 5.83. The first-order chi connectivity index (χ1) is 12.1. The number of hydrogen-bond donors (Lipinski definition) is 0. The quantitative estimate of drug-likeness (QED) is 0.295. The number of pyridine rings is 1.